The summed E-state index contributed by atoms with van der Waals surface area (Å²) in [6, 6.07) is 4.39. The second kappa shape index (κ2) is 6.24. The lowest BCUT2D eigenvalue weighted by molar-refractivity contribution is -0.0294. The van der Waals surface area contributed by atoms with Gasteiger partial charge in [-0.25, -0.2) is 4.39 Å². The molecule has 2 rings (SSSR count). The molecule has 1 aromatic rings. The predicted octanol–water partition coefficient (Wildman–Crippen LogP) is 3.42. The molecule has 1 aliphatic carbocycles. The molecule has 0 heterocycles. The number of rotatable bonds is 3. The van der Waals surface area contributed by atoms with Crippen LogP contribution in [0.25, 0.3) is 0 Å². The van der Waals surface area contributed by atoms with Crippen LogP contribution in [0, 0.1) is 23.1 Å². The first-order valence-electron chi connectivity index (χ1n) is 7.73. The van der Waals surface area contributed by atoms with Crippen LogP contribution in [0.3, 0.4) is 0 Å². The predicted molar refractivity (Wildman–Crippen MR) is 84.2 cm³/mol. The monoisotopic (exact) mass is 308 g/mol. The highest BCUT2D eigenvalue weighted by Crippen LogP contribution is 2.49. The zero-order chi connectivity index (χ0) is 16.5. The normalized spacial score (nSPS) is 26.7. The molecule has 0 aromatic heterocycles. The Balaban J connectivity index is 2.33. The van der Waals surface area contributed by atoms with Crippen molar-refractivity contribution in [2.24, 2.45) is 28.1 Å². The van der Waals surface area contributed by atoms with Crippen molar-refractivity contribution in [2.75, 3.05) is 0 Å². The summed E-state index contributed by atoms with van der Waals surface area (Å²) in [7, 11) is 0. The SMILES string of the molecule is C[C@H]1CCCC(C)(C)[C@@H]1[C@@H](O)c1ccc(C(N)=NO)c(F)c1. The number of benzene rings is 1. The largest absolute Gasteiger partial charge is 0.409 e. The van der Waals surface area contributed by atoms with Crippen LogP contribution in [0.2, 0.25) is 0 Å². The highest BCUT2D eigenvalue weighted by atomic mass is 19.1. The van der Waals surface area contributed by atoms with Gasteiger partial charge in [-0.2, -0.15) is 0 Å². The average molecular weight is 308 g/mol. The zero-order valence-corrected chi connectivity index (χ0v) is 13.4. The van der Waals surface area contributed by atoms with E-state index in [1.54, 1.807) is 6.07 Å². The van der Waals surface area contributed by atoms with Gasteiger partial charge in [0.2, 0.25) is 0 Å². The van der Waals surface area contributed by atoms with Crippen molar-refractivity contribution in [2.45, 2.75) is 46.1 Å². The first-order chi connectivity index (χ1) is 10.3. The van der Waals surface area contributed by atoms with Gasteiger partial charge in [0, 0.05) is 0 Å². The molecule has 3 atom stereocenters. The first-order valence-corrected chi connectivity index (χ1v) is 7.73. The van der Waals surface area contributed by atoms with Crippen LogP contribution in [-0.2, 0) is 0 Å². The zero-order valence-electron chi connectivity index (χ0n) is 13.4. The van der Waals surface area contributed by atoms with E-state index in [2.05, 4.69) is 25.9 Å². The Labute approximate surface area is 130 Å². The van der Waals surface area contributed by atoms with Crippen LogP contribution in [0.5, 0.6) is 0 Å². The highest BCUT2D eigenvalue weighted by molar-refractivity contribution is 5.97. The van der Waals surface area contributed by atoms with Gasteiger partial charge in [0.15, 0.2) is 5.84 Å². The number of hydrogen-bond acceptors (Lipinski definition) is 3. The van der Waals surface area contributed by atoms with Gasteiger partial charge in [0.25, 0.3) is 0 Å². The summed E-state index contributed by atoms with van der Waals surface area (Å²) in [6.45, 7) is 6.48. The van der Waals surface area contributed by atoms with Gasteiger partial charge in [0.05, 0.1) is 11.7 Å². The molecule has 0 aliphatic heterocycles. The smallest absolute Gasteiger partial charge is 0.173 e. The minimum atomic E-state index is -0.721. The summed E-state index contributed by atoms with van der Waals surface area (Å²) in [5.41, 5.74) is 6.02. The lowest BCUT2D eigenvalue weighted by Crippen LogP contribution is -2.38. The summed E-state index contributed by atoms with van der Waals surface area (Å²) in [6.07, 6.45) is 2.58. The van der Waals surface area contributed by atoms with E-state index in [-0.39, 0.29) is 22.7 Å². The van der Waals surface area contributed by atoms with Gasteiger partial charge in [0.1, 0.15) is 5.82 Å². The highest BCUT2D eigenvalue weighted by Gasteiger charge is 2.41. The van der Waals surface area contributed by atoms with E-state index < -0.39 is 11.9 Å². The van der Waals surface area contributed by atoms with E-state index in [9.17, 15) is 9.50 Å². The molecule has 0 spiro atoms. The van der Waals surface area contributed by atoms with E-state index in [0.717, 1.165) is 19.3 Å². The lowest BCUT2D eigenvalue weighted by atomic mass is 9.61. The third kappa shape index (κ3) is 3.09. The van der Waals surface area contributed by atoms with Crippen LogP contribution in [0.15, 0.2) is 23.4 Å². The van der Waals surface area contributed by atoms with Gasteiger partial charge < -0.3 is 16.0 Å². The number of amidine groups is 1. The maximum absolute atomic E-state index is 14.1. The molecule has 22 heavy (non-hydrogen) atoms. The molecule has 0 amide bonds. The van der Waals surface area contributed by atoms with Crippen molar-refractivity contribution in [1.82, 2.24) is 0 Å². The van der Waals surface area contributed by atoms with Crippen molar-refractivity contribution in [3.05, 3.63) is 35.1 Å². The molecule has 1 fully saturated rings. The fourth-order valence-electron chi connectivity index (χ4n) is 3.92. The Morgan fingerprint density at radius 3 is 2.68 bits per heavy atom. The molecule has 0 bridgehead atoms. The molecule has 1 aliphatic rings. The molecule has 4 N–H and O–H groups in total. The Hall–Kier alpha value is -1.62. The van der Waals surface area contributed by atoms with Crippen molar-refractivity contribution in [3.63, 3.8) is 0 Å². The maximum atomic E-state index is 14.1. The van der Waals surface area contributed by atoms with Crippen LogP contribution in [0.1, 0.15) is 57.3 Å². The van der Waals surface area contributed by atoms with E-state index in [1.807, 2.05) is 0 Å². The van der Waals surface area contributed by atoms with E-state index >= 15 is 0 Å². The number of aliphatic hydroxyl groups excluding tert-OH is 1. The van der Waals surface area contributed by atoms with Crippen LogP contribution in [0.4, 0.5) is 4.39 Å². The third-order valence-corrected chi connectivity index (χ3v) is 5.05. The fourth-order valence-corrected chi connectivity index (χ4v) is 3.92. The van der Waals surface area contributed by atoms with Crippen molar-refractivity contribution in [3.8, 4) is 0 Å². The average Bonchev–Trinajstić information content (AvgIpc) is 2.45. The van der Waals surface area contributed by atoms with E-state index in [1.165, 1.54) is 12.1 Å². The summed E-state index contributed by atoms with van der Waals surface area (Å²) < 4.78 is 14.1. The Morgan fingerprint density at radius 2 is 2.14 bits per heavy atom. The number of hydrogen-bond donors (Lipinski definition) is 3. The van der Waals surface area contributed by atoms with Crippen molar-refractivity contribution >= 4 is 5.84 Å². The number of nitrogens with zero attached hydrogens (tertiary/aromatic N) is 1. The quantitative estimate of drug-likeness (QED) is 0.346. The molecule has 5 heteroatoms. The number of nitrogens with two attached hydrogens (primary N) is 1. The Bertz CT molecular complexity index is 572. The van der Waals surface area contributed by atoms with Gasteiger partial charge in [-0.1, -0.05) is 44.8 Å². The topological polar surface area (TPSA) is 78.8 Å². The first kappa shape index (κ1) is 16.7. The van der Waals surface area contributed by atoms with Gasteiger partial charge in [-0.3, -0.25) is 0 Å². The minimum absolute atomic E-state index is 0.0117. The third-order valence-electron chi connectivity index (χ3n) is 5.05. The molecular weight excluding hydrogens is 283 g/mol. The second-order valence-corrected chi connectivity index (χ2v) is 7.05. The summed E-state index contributed by atoms with van der Waals surface area (Å²) >= 11 is 0. The standard InChI is InChI=1S/C17H25FN2O2/c1-10-5-4-8-17(2,3)14(10)15(21)11-6-7-12(13(18)9-11)16(19)20-22/h6-7,9-10,14-15,21-22H,4-5,8H2,1-3H3,(H2,19,20)/t10-,14-,15-/m0/s1. The Morgan fingerprint density at radius 1 is 1.45 bits per heavy atom. The van der Waals surface area contributed by atoms with Gasteiger partial charge >= 0.3 is 0 Å². The second-order valence-electron chi connectivity index (χ2n) is 7.05. The summed E-state index contributed by atoms with van der Waals surface area (Å²) in [4.78, 5) is 0. The number of halogens is 1. The van der Waals surface area contributed by atoms with Crippen molar-refractivity contribution in [1.29, 1.82) is 0 Å². The van der Waals surface area contributed by atoms with Crippen molar-refractivity contribution < 1.29 is 14.7 Å². The van der Waals surface area contributed by atoms with Gasteiger partial charge in [-0.15, -0.1) is 0 Å². The molecule has 122 valence electrons. The molecule has 1 aromatic carbocycles. The van der Waals surface area contributed by atoms with Gasteiger partial charge in [-0.05, 0) is 41.4 Å². The molecule has 4 nitrogen and oxygen atoms in total. The molecule has 0 radical (unpaired) electrons. The minimum Gasteiger partial charge on any atom is -0.409 e. The molecule has 0 saturated heterocycles. The Kier molecular flexibility index (Phi) is 4.75. The van der Waals surface area contributed by atoms with Crippen LogP contribution < -0.4 is 5.73 Å². The molecular formula is C17H25FN2O2. The number of aliphatic hydroxyl groups is 1. The van der Waals surface area contributed by atoms with Crippen LogP contribution >= 0.6 is 0 Å². The maximum Gasteiger partial charge on any atom is 0.173 e. The molecule has 1 saturated carbocycles. The summed E-state index contributed by atoms with van der Waals surface area (Å²) in [5, 5.41) is 22.2. The fraction of sp³-hybridized carbons (Fsp3) is 0.588. The van der Waals surface area contributed by atoms with Crippen LogP contribution in [-0.4, -0.2) is 16.1 Å². The summed E-state index contributed by atoms with van der Waals surface area (Å²) in [5.74, 6) is -0.404. The van der Waals surface area contributed by atoms with E-state index in [0.29, 0.717) is 11.5 Å². The molecule has 0 unspecified atom stereocenters. The van der Waals surface area contributed by atoms with E-state index in [4.69, 9.17) is 10.9 Å². The number of oxime groups is 1. The lowest BCUT2D eigenvalue weighted by Gasteiger charge is -2.45.